The summed E-state index contributed by atoms with van der Waals surface area (Å²) < 4.78 is 53.4. The summed E-state index contributed by atoms with van der Waals surface area (Å²) in [7, 11) is 12.1. The van der Waals surface area contributed by atoms with Crippen molar-refractivity contribution in [3.63, 3.8) is 0 Å². The Morgan fingerprint density at radius 1 is 0.278 bits per heavy atom. The summed E-state index contributed by atoms with van der Waals surface area (Å²) in [6.07, 6.45) is 44.1. The van der Waals surface area contributed by atoms with Crippen molar-refractivity contribution in [3.8, 4) is 0 Å². The SMILES string of the molecule is CCCCCCCCCCCCCCCC[N+](C)(C)CCC[Si](OCCOC)(OCCOC)OCCOC.CCCCCCCCCC[N+](C)(CCCCCCCCCC)CCC[Si](OC)(OC)OC.[Cl-].[Cl-]. The van der Waals surface area contributed by atoms with E-state index in [1.165, 1.54) is 223 Å². The fraction of sp³-hybridized carbons (Fsp3) is 1.00. The molecule has 0 aliphatic rings. The van der Waals surface area contributed by atoms with E-state index in [1.807, 2.05) is 0 Å². The fourth-order valence-electron chi connectivity index (χ4n) is 9.58. The third kappa shape index (κ3) is 50.1. The lowest BCUT2D eigenvalue weighted by atomic mass is 10.0. The Labute approximate surface area is 464 Å². The lowest BCUT2D eigenvalue weighted by Crippen LogP contribution is -3.00. The van der Waals surface area contributed by atoms with E-state index < -0.39 is 17.6 Å². The number of quaternary nitrogens is 2. The third-order valence-electron chi connectivity index (χ3n) is 14.4. The first-order valence-corrected chi connectivity index (χ1v) is 33.5. The van der Waals surface area contributed by atoms with Crippen LogP contribution in [0.2, 0.25) is 12.1 Å². The first kappa shape index (κ1) is 79.1. The Kier molecular flexibility index (Phi) is 63.4. The fourth-order valence-corrected chi connectivity index (χ4v) is 13.7. The van der Waals surface area contributed by atoms with Gasteiger partial charge in [-0.1, -0.05) is 175 Å². The van der Waals surface area contributed by atoms with Gasteiger partial charge in [0.25, 0.3) is 0 Å². The van der Waals surface area contributed by atoms with Crippen LogP contribution in [-0.4, -0.2) is 163 Å². The van der Waals surface area contributed by atoms with Crippen LogP contribution < -0.4 is 24.8 Å². The minimum Gasteiger partial charge on any atom is -1.00 e. The van der Waals surface area contributed by atoms with Gasteiger partial charge in [0.05, 0.1) is 93.5 Å². The standard InChI is InChI=1S/C30H66NO6Si.C27H60NO3Si.2ClH/c1-7-8-9-10-11-12-13-14-15-16-17-18-19-20-22-31(2,3)23-21-30-38(35-27-24-32-4,36-28-25-33-5)37-29-26-34-6;1-7-9-11-13-15-17-19-21-24-28(3,25-22-20-18-16-14-12-10-8-2)26-23-27-32(29-4,30-5)31-6;;/h7-30H2,1-6H3;7-27H2,1-6H3;2*1H/q2*+1;;/p-2. The number of methoxy groups -OCH3 is 3. The summed E-state index contributed by atoms with van der Waals surface area (Å²) in [4.78, 5) is 0. The number of hydrogen-bond donors (Lipinski definition) is 0. The van der Waals surface area contributed by atoms with Crippen LogP contribution >= 0.6 is 0 Å². The quantitative estimate of drug-likeness (QED) is 0.0337. The maximum atomic E-state index is 6.22. The van der Waals surface area contributed by atoms with Crippen molar-refractivity contribution in [1.82, 2.24) is 0 Å². The van der Waals surface area contributed by atoms with Crippen molar-refractivity contribution in [3.05, 3.63) is 0 Å². The van der Waals surface area contributed by atoms with E-state index in [1.54, 1.807) is 42.7 Å². The normalized spacial score (nSPS) is 12.2. The minimum atomic E-state index is -2.83. The number of unbranched alkanes of at least 4 members (excludes halogenated alkanes) is 27. The molecular weight excluding hydrogens is 984 g/mol. The van der Waals surface area contributed by atoms with Gasteiger partial charge >= 0.3 is 17.6 Å². The zero-order chi connectivity index (χ0) is 52.2. The highest BCUT2D eigenvalue weighted by Gasteiger charge is 2.42. The van der Waals surface area contributed by atoms with Gasteiger partial charge in [-0.25, -0.2) is 0 Å². The van der Waals surface area contributed by atoms with E-state index in [0.717, 1.165) is 36.0 Å². The Morgan fingerprint density at radius 2 is 0.514 bits per heavy atom. The van der Waals surface area contributed by atoms with Gasteiger partial charge in [-0.2, -0.15) is 0 Å². The molecule has 0 saturated carbocycles. The Hall–Kier alpha value is 0.574. The van der Waals surface area contributed by atoms with Crippen molar-refractivity contribution in [1.29, 1.82) is 0 Å². The van der Waals surface area contributed by atoms with E-state index in [0.29, 0.717) is 39.6 Å². The van der Waals surface area contributed by atoms with E-state index in [9.17, 15) is 0 Å². The molecule has 0 N–H and O–H groups in total. The molecule has 72 heavy (non-hydrogen) atoms. The molecule has 0 radical (unpaired) electrons. The van der Waals surface area contributed by atoms with Gasteiger partial charge in [0, 0.05) is 67.6 Å². The van der Waals surface area contributed by atoms with Crippen molar-refractivity contribution >= 4 is 17.6 Å². The number of nitrogens with zero attached hydrogens (tertiary/aromatic N) is 2. The molecule has 0 fully saturated rings. The van der Waals surface area contributed by atoms with Crippen LogP contribution in [0.15, 0.2) is 0 Å². The summed E-state index contributed by atoms with van der Waals surface area (Å²) in [5, 5.41) is 0. The van der Waals surface area contributed by atoms with Crippen molar-refractivity contribution in [2.24, 2.45) is 0 Å². The molecule has 440 valence electrons. The summed E-state index contributed by atoms with van der Waals surface area (Å²) in [5.74, 6) is 0. The predicted octanol–water partition coefficient (Wildman–Crippen LogP) is 8.85. The Morgan fingerprint density at radius 3 is 0.806 bits per heavy atom. The number of ether oxygens (including phenoxy) is 3. The van der Waals surface area contributed by atoms with Gasteiger partial charge in [0.1, 0.15) is 0 Å². The van der Waals surface area contributed by atoms with Crippen molar-refractivity contribution in [2.75, 3.05) is 136 Å². The molecule has 0 heterocycles. The lowest BCUT2D eigenvalue weighted by Gasteiger charge is -2.36. The molecule has 0 atom stereocenters. The largest absolute Gasteiger partial charge is 1.00 e. The summed E-state index contributed by atoms with van der Waals surface area (Å²) in [5.41, 5.74) is 0. The maximum absolute atomic E-state index is 6.22. The molecular formula is C57H126Cl2N2O9Si2. The summed E-state index contributed by atoms with van der Waals surface area (Å²) in [6, 6.07) is 1.71. The monoisotopic (exact) mass is 1110 g/mol. The second kappa shape index (κ2) is 57.7. The highest BCUT2D eigenvalue weighted by molar-refractivity contribution is 6.61. The molecule has 0 saturated heterocycles. The molecule has 15 heteroatoms. The van der Waals surface area contributed by atoms with Gasteiger partial charge in [-0.15, -0.1) is 0 Å². The highest BCUT2D eigenvalue weighted by Crippen LogP contribution is 2.22. The molecule has 11 nitrogen and oxygen atoms in total. The second-order valence-corrected chi connectivity index (χ2v) is 27.3. The number of rotatable bonds is 56. The molecule has 0 rings (SSSR count). The number of hydrogen-bond acceptors (Lipinski definition) is 9. The molecule has 0 aromatic heterocycles. The van der Waals surface area contributed by atoms with E-state index >= 15 is 0 Å². The second-order valence-electron chi connectivity index (χ2n) is 21.4. The molecule has 0 aromatic rings. The molecule has 0 aliphatic heterocycles. The average Bonchev–Trinajstić information content (AvgIpc) is 3.35. The maximum Gasteiger partial charge on any atom is 0.501 e. The minimum absolute atomic E-state index is 0. The smallest absolute Gasteiger partial charge is 0.501 e. The first-order chi connectivity index (χ1) is 34.0. The topological polar surface area (TPSA) is 83.1 Å². The van der Waals surface area contributed by atoms with Crippen LogP contribution in [-0.2, 0) is 40.8 Å². The van der Waals surface area contributed by atoms with Crippen LogP contribution in [0.1, 0.15) is 226 Å². The summed E-state index contributed by atoms with van der Waals surface area (Å²) in [6.45, 7) is 16.0. The highest BCUT2D eigenvalue weighted by atomic mass is 35.5. The Balaban J connectivity index is -0.000000633. The van der Waals surface area contributed by atoms with E-state index in [4.69, 9.17) is 40.8 Å². The zero-order valence-electron chi connectivity index (χ0n) is 50.1. The third-order valence-corrected chi connectivity index (χ3v) is 20.1. The molecule has 0 unspecified atom stereocenters. The molecule has 0 aliphatic carbocycles. The van der Waals surface area contributed by atoms with Crippen LogP contribution in [0, 0.1) is 0 Å². The van der Waals surface area contributed by atoms with Gasteiger partial charge < -0.3 is 74.5 Å². The van der Waals surface area contributed by atoms with Gasteiger partial charge in [-0.3, -0.25) is 0 Å². The van der Waals surface area contributed by atoms with Gasteiger partial charge in [0.15, 0.2) is 0 Å². The predicted molar refractivity (Wildman–Crippen MR) is 303 cm³/mol. The first-order valence-electron chi connectivity index (χ1n) is 29.7. The Bertz CT molecular complexity index is 989. The molecule has 0 bridgehead atoms. The lowest BCUT2D eigenvalue weighted by molar-refractivity contribution is -0.910. The summed E-state index contributed by atoms with van der Waals surface area (Å²) >= 11 is 0. The van der Waals surface area contributed by atoms with Crippen LogP contribution in [0.3, 0.4) is 0 Å². The number of halogens is 2. The zero-order valence-corrected chi connectivity index (χ0v) is 53.7. The average molecular weight is 1110 g/mol. The molecule has 0 aromatic carbocycles. The van der Waals surface area contributed by atoms with Crippen LogP contribution in [0.4, 0.5) is 0 Å². The van der Waals surface area contributed by atoms with Gasteiger partial charge in [0.2, 0.25) is 0 Å². The van der Waals surface area contributed by atoms with Crippen molar-refractivity contribution in [2.45, 2.75) is 238 Å². The van der Waals surface area contributed by atoms with Crippen LogP contribution in [0.5, 0.6) is 0 Å². The van der Waals surface area contributed by atoms with Gasteiger partial charge in [-0.05, 0) is 38.5 Å². The van der Waals surface area contributed by atoms with E-state index in [-0.39, 0.29) is 24.8 Å². The molecule has 0 amide bonds. The van der Waals surface area contributed by atoms with Crippen LogP contribution in [0.25, 0.3) is 0 Å². The van der Waals surface area contributed by atoms with E-state index in [2.05, 4.69) is 41.9 Å². The molecule has 0 spiro atoms. The van der Waals surface area contributed by atoms with Crippen molar-refractivity contribution < 1.29 is 74.5 Å².